The molecule has 2 atom stereocenters. The van der Waals surface area contributed by atoms with Crippen molar-refractivity contribution >= 4 is 35.8 Å². The number of aromatic nitrogens is 1. The van der Waals surface area contributed by atoms with Crippen LogP contribution in [0, 0.1) is 30.1 Å². The fourth-order valence-corrected chi connectivity index (χ4v) is 8.99. The Morgan fingerprint density at radius 2 is 1.73 bits per heavy atom. The van der Waals surface area contributed by atoms with Gasteiger partial charge in [0.05, 0.1) is 18.1 Å². The topological polar surface area (TPSA) is 102 Å². The molecule has 0 saturated heterocycles. The molecule has 0 aliphatic heterocycles. The summed E-state index contributed by atoms with van der Waals surface area (Å²) in [5.41, 5.74) is 5.74. The van der Waals surface area contributed by atoms with Crippen molar-refractivity contribution in [2.24, 2.45) is 23.2 Å². The van der Waals surface area contributed by atoms with Gasteiger partial charge in [-0.25, -0.2) is 0 Å². The molecule has 6 nitrogen and oxygen atoms in total. The van der Waals surface area contributed by atoms with Crippen LogP contribution in [0.2, 0.25) is 0 Å². The third-order valence-corrected chi connectivity index (χ3v) is 10.9. The minimum atomic E-state index is -1.28. The van der Waals surface area contributed by atoms with Crippen LogP contribution in [0.5, 0.6) is 0 Å². The average molecular weight is 617 g/mol. The maximum atomic E-state index is 13.4. The smallest absolute Gasteiger partial charge is 0.548 e. The summed E-state index contributed by atoms with van der Waals surface area (Å²) >= 11 is 1.52. The molecule has 3 aromatic rings. The number of nitrogens with one attached hydrogen (secondary N) is 1. The fraction of sp³-hybridized carbons (Fsp3) is 0.432. The number of carboxylic acids is 1. The van der Waals surface area contributed by atoms with E-state index in [9.17, 15) is 19.8 Å². The molecule has 1 amide bonds. The summed E-state index contributed by atoms with van der Waals surface area (Å²) in [6, 6.07) is 14.4. The largest absolute Gasteiger partial charge is 1.00 e. The van der Waals surface area contributed by atoms with Crippen molar-refractivity contribution < 1.29 is 38.7 Å². The van der Waals surface area contributed by atoms with Crippen molar-refractivity contribution in [2.45, 2.75) is 64.0 Å². The van der Waals surface area contributed by atoms with Crippen LogP contribution in [0.1, 0.15) is 83.7 Å². The van der Waals surface area contributed by atoms with Gasteiger partial charge in [-0.05, 0) is 133 Å². The van der Waals surface area contributed by atoms with Crippen LogP contribution in [-0.4, -0.2) is 40.0 Å². The third-order valence-electron chi connectivity index (χ3n) is 10.2. The second-order valence-corrected chi connectivity index (χ2v) is 14.3. The van der Waals surface area contributed by atoms with E-state index in [1.807, 2.05) is 74.0 Å². The predicted octanol–water partition coefficient (Wildman–Crippen LogP) is 3.08. The Kier molecular flexibility index (Phi) is 10.7. The number of rotatable bonds is 11. The normalized spacial score (nSPS) is 24.6. The number of aliphatic carboxylic acids is 1. The van der Waals surface area contributed by atoms with Crippen LogP contribution in [0.3, 0.4) is 0 Å². The molecule has 1 aromatic heterocycles. The second kappa shape index (κ2) is 14.3. The van der Waals surface area contributed by atoms with E-state index in [1.165, 1.54) is 31.0 Å². The quantitative estimate of drug-likeness (QED) is 0.321. The molecule has 2 aromatic carbocycles. The number of aryl methyl sites for hydroxylation is 1. The molecule has 1 heterocycles. The molecule has 4 bridgehead atoms. The summed E-state index contributed by atoms with van der Waals surface area (Å²) < 4.78 is 0. The molecular formula is C37H41LiN2O4S. The molecule has 7 rings (SSSR count). The van der Waals surface area contributed by atoms with E-state index in [0.29, 0.717) is 11.3 Å². The number of aliphatic hydroxyl groups excluding tert-OH is 1. The maximum Gasteiger partial charge on any atom is 1.00 e. The molecule has 4 aliphatic rings. The van der Waals surface area contributed by atoms with Gasteiger partial charge < -0.3 is 20.3 Å². The molecule has 0 spiro atoms. The first-order chi connectivity index (χ1) is 21.3. The Hall–Kier alpha value is -2.82. The van der Waals surface area contributed by atoms with Crippen molar-refractivity contribution in [1.82, 2.24) is 10.3 Å². The number of thioether (sulfide) groups is 1. The Labute approximate surface area is 282 Å². The Balaban J connectivity index is 0.00000400. The molecule has 2 N–H and O–H groups in total. The first-order valence-corrected chi connectivity index (χ1v) is 17.2. The van der Waals surface area contributed by atoms with Crippen molar-refractivity contribution in [3.05, 3.63) is 88.7 Å². The van der Waals surface area contributed by atoms with Gasteiger partial charge in [0, 0.05) is 23.4 Å². The van der Waals surface area contributed by atoms with Crippen LogP contribution in [0.15, 0.2) is 60.9 Å². The minimum absolute atomic E-state index is 0. The zero-order chi connectivity index (χ0) is 30.8. The van der Waals surface area contributed by atoms with Crippen LogP contribution in [-0.2, 0) is 4.79 Å². The number of carbonyl (C=O) groups is 2. The van der Waals surface area contributed by atoms with Gasteiger partial charge >= 0.3 is 18.9 Å². The molecule has 0 radical (unpaired) electrons. The van der Waals surface area contributed by atoms with E-state index in [1.54, 1.807) is 12.3 Å². The maximum absolute atomic E-state index is 13.4. The molecular weight excluding hydrogens is 575 g/mol. The van der Waals surface area contributed by atoms with Crippen LogP contribution >= 0.6 is 11.8 Å². The first kappa shape index (κ1) is 33.5. The van der Waals surface area contributed by atoms with Crippen LogP contribution in [0.25, 0.3) is 23.3 Å². The van der Waals surface area contributed by atoms with Crippen molar-refractivity contribution in [2.75, 3.05) is 12.0 Å². The second-order valence-electron chi connectivity index (χ2n) is 13.3. The molecule has 2 unspecified atom stereocenters. The summed E-state index contributed by atoms with van der Waals surface area (Å²) in [6.07, 6.45) is 16.6. The molecule has 4 fully saturated rings. The molecule has 4 aliphatic carbocycles. The van der Waals surface area contributed by atoms with E-state index < -0.39 is 24.0 Å². The van der Waals surface area contributed by atoms with Crippen molar-refractivity contribution in [1.29, 1.82) is 0 Å². The Morgan fingerprint density at radius 1 is 1.04 bits per heavy atom. The summed E-state index contributed by atoms with van der Waals surface area (Å²) in [6.45, 7) is 2.00. The number of amides is 1. The number of nitrogens with zero attached hydrogens (tertiary/aromatic N) is 1. The van der Waals surface area contributed by atoms with Gasteiger partial charge in [0.15, 0.2) is 0 Å². The number of benzene rings is 2. The number of aliphatic hydroxyl groups is 1. The molecule has 8 heteroatoms. The third kappa shape index (κ3) is 7.13. The van der Waals surface area contributed by atoms with Gasteiger partial charge in [-0.2, -0.15) is 11.8 Å². The van der Waals surface area contributed by atoms with Crippen LogP contribution in [0.4, 0.5) is 0 Å². The van der Waals surface area contributed by atoms with E-state index in [-0.39, 0.29) is 30.7 Å². The minimum Gasteiger partial charge on any atom is -0.548 e. The number of hydrogen-bond acceptors (Lipinski definition) is 6. The summed E-state index contributed by atoms with van der Waals surface area (Å²) in [5.74, 6) is 1.12. The Bertz CT molecular complexity index is 1540. The van der Waals surface area contributed by atoms with Crippen molar-refractivity contribution in [3.8, 4) is 11.1 Å². The predicted molar refractivity (Wildman–Crippen MR) is 175 cm³/mol. The first-order valence-electron chi connectivity index (χ1n) is 15.8. The van der Waals surface area contributed by atoms with Gasteiger partial charge in [0.2, 0.25) is 0 Å². The van der Waals surface area contributed by atoms with Gasteiger partial charge in [0.1, 0.15) is 0 Å². The zero-order valence-corrected chi connectivity index (χ0v) is 27.3. The summed E-state index contributed by atoms with van der Waals surface area (Å²) in [7, 11) is 0. The van der Waals surface area contributed by atoms with E-state index in [4.69, 9.17) is 0 Å². The average Bonchev–Trinajstić information content (AvgIpc) is 3.01. The van der Waals surface area contributed by atoms with Gasteiger partial charge in [-0.15, -0.1) is 0 Å². The standard InChI is InChI=1S/C37H42N2O4S.Li/c1-23-5-3-4-6-29(23)32-18-24(8-10-31(32)35(41)39-33(36(42)43)12-14-44-2)7-9-28-22-38-13-11-30(28)34(40)37-19-25-15-26(20-37)17-27(16-25)21-37;/h3-11,13,18,22,25-27,33-34,40H,12,14-17,19-21H2,1-2H3,(H,39,41)(H,42,43);/q;+1/p-1/b9-7+;. The summed E-state index contributed by atoms with van der Waals surface area (Å²) in [5, 5.41) is 26.3. The Morgan fingerprint density at radius 3 is 2.38 bits per heavy atom. The van der Waals surface area contributed by atoms with Crippen molar-refractivity contribution in [3.63, 3.8) is 0 Å². The van der Waals surface area contributed by atoms with Gasteiger partial charge in [0.25, 0.3) is 5.91 Å². The fourth-order valence-electron chi connectivity index (χ4n) is 8.52. The monoisotopic (exact) mass is 616 g/mol. The van der Waals surface area contributed by atoms with Gasteiger partial charge in [-0.3, -0.25) is 9.78 Å². The number of carboxylic acid groups (broad SMARTS) is 1. The molecule has 230 valence electrons. The zero-order valence-electron chi connectivity index (χ0n) is 26.5. The number of pyridine rings is 1. The van der Waals surface area contributed by atoms with E-state index in [0.717, 1.165) is 70.4 Å². The van der Waals surface area contributed by atoms with Crippen LogP contribution < -0.4 is 29.3 Å². The number of hydrogen-bond donors (Lipinski definition) is 2. The van der Waals surface area contributed by atoms with Gasteiger partial charge in [-0.1, -0.05) is 42.5 Å². The number of carbonyl (C=O) groups excluding carboxylic acids is 2. The molecule has 4 saturated carbocycles. The SMILES string of the molecule is CSCCC(NC(=O)c1ccc(/C=C/c2cnccc2C(O)C23CC4CC(CC(C4)C2)C3)cc1-c1ccccc1C)C(=O)[O-].[Li+]. The summed E-state index contributed by atoms with van der Waals surface area (Å²) in [4.78, 5) is 29.6. The van der Waals surface area contributed by atoms with E-state index in [2.05, 4.69) is 10.3 Å². The molecule has 45 heavy (non-hydrogen) atoms. The van der Waals surface area contributed by atoms with E-state index >= 15 is 0 Å².